The number of rotatable bonds is 4. The zero-order valence-corrected chi connectivity index (χ0v) is 9.12. The highest BCUT2D eigenvalue weighted by atomic mass is 35.5. The molecular formula is C11H10ClNO3. The van der Waals surface area contributed by atoms with Crippen LogP contribution in [0.15, 0.2) is 28.7 Å². The van der Waals surface area contributed by atoms with Crippen LogP contribution in [0.25, 0.3) is 11.0 Å². The van der Waals surface area contributed by atoms with Crippen LogP contribution in [-0.4, -0.2) is 17.6 Å². The Bertz CT molecular complexity index is 521. The lowest BCUT2D eigenvalue weighted by Crippen LogP contribution is -2.21. The van der Waals surface area contributed by atoms with Crippen molar-refractivity contribution in [3.63, 3.8) is 0 Å². The molecule has 16 heavy (non-hydrogen) atoms. The van der Waals surface area contributed by atoms with Crippen LogP contribution in [0.4, 0.5) is 0 Å². The summed E-state index contributed by atoms with van der Waals surface area (Å²) in [5, 5.41) is 12.5. The lowest BCUT2D eigenvalue weighted by Gasteiger charge is -1.99. The summed E-state index contributed by atoms with van der Waals surface area (Å²) in [5.74, 6) is -0.899. The Hall–Kier alpha value is -1.52. The van der Waals surface area contributed by atoms with Crippen molar-refractivity contribution in [1.29, 1.82) is 0 Å². The lowest BCUT2D eigenvalue weighted by molar-refractivity contribution is -0.135. The third-order valence-corrected chi connectivity index (χ3v) is 2.53. The summed E-state index contributed by atoms with van der Waals surface area (Å²) >= 11 is 5.93. The van der Waals surface area contributed by atoms with E-state index in [-0.39, 0.29) is 6.54 Å². The zero-order chi connectivity index (χ0) is 11.5. The fraction of sp³-hybridized carbons (Fsp3) is 0.182. The van der Waals surface area contributed by atoms with Gasteiger partial charge in [-0.1, -0.05) is 18.2 Å². The summed E-state index contributed by atoms with van der Waals surface area (Å²) in [5.41, 5.74) is 1.50. The standard InChI is InChI=1S/C11H10ClNO3/c12-11-8(5-13-6-10(14)15)7-3-1-2-4-9(7)16-11/h1-4,13H,5-6H2,(H,14,15). The molecule has 0 saturated heterocycles. The number of carbonyl (C=O) groups is 1. The number of fused-ring (bicyclic) bond motifs is 1. The number of halogens is 1. The van der Waals surface area contributed by atoms with E-state index in [1.165, 1.54) is 0 Å². The van der Waals surface area contributed by atoms with Gasteiger partial charge in [0.2, 0.25) is 0 Å². The molecule has 0 spiro atoms. The molecular weight excluding hydrogens is 230 g/mol. The van der Waals surface area contributed by atoms with E-state index in [0.717, 1.165) is 10.9 Å². The Morgan fingerprint density at radius 2 is 2.19 bits per heavy atom. The summed E-state index contributed by atoms with van der Waals surface area (Å²) < 4.78 is 5.33. The van der Waals surface area contributed by atoms with E-state index < -0.39 is 5.97 Å². The highest BCUT2D eigenvalue weighted by Gasteiger charge is 2.11. The van der Waals surface area contributed by atoms with Crippen molar-refractivity contribution < 1.29 is 14.3 Å². The summed E-state index contributed by atoms with van der Waals surface area (Å²) in [6, 6.07) is 7.45. The second-order valence-electron chi connectivity index (χ2n) is 3.35. The molecule has 5 heteroatoms. The quantitative estimate of drug-likeness (QED) is 0.859. The first-order valence-electron chi connectivity index (χ1n) is 4.77. The second kappa shape index (κ2) is 4.55. The van der Waals surface area contributed by atoms with E-state index in [2.05, 4.69) is 5.32 Å². The Labute approximate surface area is 96.8 Å². The van der Waals surface area contributed by atoms with Crippen molar-refractivity contribution in [1.82, 2.24) is 5.32 Å². The highest BCUT2D eigenvalue weighted by Crippen LogP contribution is 2.29. The molecule has 0 radical (unpaired) electrons. The Kier molecular flexibility index (Phi) is 3.12. The van der Waals surface area contributed by atoms with Crippen LogP contribution < -0.4 is 5.32 Å². The van der Waals surface area contributed by atoms with Crippen molar-refractivity contribution in [2.75, 3.05) is 6.54 Å². The molecule has 0 fully saturated rings. The minimum absolute atomic E-state index is 0.101. The van der Waals surface area contributed by atoms with E-state index in [1.807, 2.05) is 24.3 Å². The van der Waals surface area contributed by atoms with Crippen LogP contribution in [0, 0.1) is 0 Å². The monoisotopic (exact) mass is 239 g/mol. The number of furan rings is 1. The first-order chi connectivity index (χ1) is 7.68. The van der Waals surface area contributed by atoms with Crippen LogP contribution in [0.1, 0.15) is 5.56 Å². The molecule has 2 N–H and O–H groups in total. The summed E-state index contributed by atoms with van der Waals surface area (Å²) in [4.78, 5) is 10.4. The number of nitrogens with one attached hydrogen (secondary N) is 1. The molecule has 0 aliphatic heterocycles. The molecule has 4 nitrogen and oxygen atoms in total. The van der Waals surface area contributed by atoms with E-state index in [4.69, 9.17) is 21.1 Å². The molecule has 2 rings (SSSR count). The van der Waals surface area contributed by atoms with Crippen LogP contribution in [-0.2, 0) is 11.3 Å². The van der Waals surface area contributed by atoms with Crippen molar-refractivity contribution in [2.45, 2.75) is 6.54 Å². The number of carboxylic acid groups (broad SMARTS) is 1. The van der Waals surface area contributed by atoms with Crippen molar-refractivity contribution in [2.24, 2.45) is 0 Å². The van der Waals surface area contributed by atoms with Crippen molar-refractivity contribution in [3.05, 3.63) is 35.0 Å². The lowest BCUT2D eigenvalue weighted by atomic mass is 10.2. The predicted molar refractivity (Wildman–Crippen MR) is 60.6 cm³/mol. The second-order valence-corrected chi connectivity index (χ2v) is 3.69. The molecule has 0 aliphatic carbocycles. The topological polar surface area (TPSA) is 62.5 Å². The number of hydrogen-bond acceptors (Lipinski definition) is 3. The minimum atomic E-state index is -0.899. The fourth-order valence-electron chi connectivity index (χ4n) is 1.53. The van der Waals surface area contributed by atoms with Gasteiger partial charge in [-0.2, -0.15) is 0 Å². The smallest absolute Gasteiger partial charge is 0.317 e. The summed E-state index contributed by atoms with van der Waals surface area (Å²) in [6.07, 6.45) is 0. The number of aliphatic carboxylic acids is 1. The van der Waals surface area contributed by atoms with Crippen LogP contribution in [0.3, 0.4) is 0 Å². The van der Waals surface area contributed by atoms with E-state index in [0.29, 0.717) is 17.3 Å². The van der Waals surface area contributed by atoms with Gasteiger partial charge >= 0.3 is 5.97 Å². The molecule has 0 unspecified atom stereocenters. The first kappa shape index (κ1) is 11.0. The van der Waals surface area contributed by atoms with Gasteiger partial charge in [0.1, 0.15) is 5.58 Å². The largest absolute Gasteiger partial charge is 0.480 e. The average Bonchev–Trinajstić information content (AvgIpc) is 2.55. The molecule has 84 valence electrons. The molecule has 0 bridgehead atoms. The SMILES string of the molecule is O=C(O)CNCc1c(Cl)oc2ccccc12. The van der Waals surface area contributed by atoms with Gasteiger partial charge in [-0.05, 0) is 17.7 Å². The maximum atomic E-state index is 10.4. The molecule has 1 aromatic heterocycles. The van der Waals surface area contributed by atoms with Crippen molar-refractivity contribution >= 4 is 28.5 Å². The number of carboxylic acids is 1. The van der Waals surface area contributed by atoms with Crippen LogP contribution in [0.5, 0.6) is 0 Å². The van der Waals surface area contributed by atoms with Gasteiger partial charge in [0, 0.05) is 17.5 Å². The molecule has 0 atom stereocenters. The number of para-hydroxylation sites is 1. The first-order valence-corrected chi connectivity index (χ1v) is 5.14. The maximum Gasteiger partial charge on any atom is 0.317 e. The summed E-state index contributed by atoms with van der Waals surface area (Å²) in [7, 11) is 0. The Balaban J connectivity index is 2.22. The van der Waals surface area contributed by atoms with Gasteiger partial charge in [-0.3, -0.25) is 4.79 Å². The molecule has 0 amide bonds. The van der Waals surface area contributed by atoms with Gasteiger partial charge in [-0.25, -0.2) is 0 Å². The van der Waals surface area contributed by atoms with Gasteiger partial charge in [-0.15, -0.1) is 0 Å². The number of hydrogen-bond donors (Lipinski definition) is 2. The Morgan fingerprint density at radius 3 is 2.94 bits per heavy atom. The van der Waals surface area contributed by atoms with Gasteiger partial charge < -0.3 is 14.8 Å². The molecule has 1 aromatic carbocycles. The average molecular weight is 240 g/mol. The van der Waals surface area contributed by atoms with Gasteiger partial charge in [0.15, 0.2) is 5.22 Å². The van der Waals surface area contributed by atoms with Gasteiger partial charge in [0.25, 0.3) is 0 Å². The molecule has 0 aliphatic rings. The number of benzene rings is 1. The van der Waals surface area contributed by atoms with E-state index in [9.17, 15) is 4.79 Å². The van der Waals surface area contributed by atoms with Crippen LogP contribution in [0.2, 0.25) is 5.22 Å². The Morgan fingerprint density at radius 1 is 1.44 bits per heavy atom. The third kappa shape index (κ3) is 2.18. The molecule has 2 aromatic rings. The molecule has 1 heterocycles. The molecule has 0 saturated carbocycles. The minimum Gasteiger partial charge on any atom is -0.480 e. The fourth-order valence-corrected chi connectivity index (χ4v) is 1.78. The van der Waals surface area contributed by atoms with Crippen molar-refractivity contribution in [3.8, 4) is 0 Å². The zero-order valence-electron chi connectivity index (χ0n) is 8.37. The summed E-state index contributed by atoms with van der Waals surface area (Å²) in [6.45, 7) is 0.276. The third-order valence-electron chi connectivity index (χ3n) is 2.23. The predicted octanol–water partition coefficient (Wildman–Crippen LogP) is 2.26. The van der Waals surface area contributed by atoms with Gasteiger partial charge in [0.05, 0.1) is 6.54 Å². The van der Waals surface area contributed by atoms with Crippen LogP contribution >= 0.6 is 11.6 Å². The van der Waals surface area contributed by atoms with E-state index in [1.54, 1.807) is 0 Å². The maximum absolute atomic E-state index is 10.4. The highest BCUT2D eigenvalue weighted by molar-refractivity contribution is 6.30. The normalized spacial score (nSPS) is 10.8. The van der Waals surface area contributed by atoms with E-state index >= 15 is 0 Å².